The van der Waals surface area contributed by atoms with Gasteiger partial charge >= 0.3 is 12.1 Å². The van der Waals surface area contributed by atoms with E-state index in [1.54, 1.807) is 22.9 Å². The van der Waals surface area contributed by atoms with Crippen molar-refractivity contribution in [3.63, 3.8) is 0 Å². The Balaban J connectivity index is 0.000000301. The third-order valence-electron chi connectivity index (χ3n) is 6.62. The number of urea groups is 2. The van der Waals surface area contributed by atoms with Crippen molar-refractivity contribution in [1.82, 2.24) is 19.4 Å². The number of carbonyl (C=O) groups excluding carboxylic acids is 3. The van der Waals surface area contributed by atoms with Crippen LogP contribution in [0.3, 0.4) is 0 Å². The Hall–Kier alpha value is -4.83. The highest BCUT2D eigenvalue weighted by Gasteiger charge is 2.15. The Morgan fingerprint density at radius 3 is 1.55 bits per heavy atom. The molecule has 6 N–H and O–H groups in total. The molecule has 0 aliphatic heterocycles. The van der Waals surface area contributed by atoms with E-state index in [9.17, 15) is 31.2 Å². The van der Waals surface area contributed by atoms with Gasteiger partial charge in [-0.3, -0.25) is 20.2 Å². The van der Waals surface area contributed by atoms with Crippen LogP contribution in [-0.4, -0.2) is 70.5 Å². The van der Waals surface area contributed by atoms with Crippen molar-refractivity contribution < 1.29 is 40.7 Å². The summed E-state index contributed by atoms with van der Waals surface area (Å²) in [7, 11) is -6.92. The van der Waals surface area contributed by atoms with E-state index in [2.05, 4.69) is 36.0 Å². The smallest absolute Gasteiger partial charge is 0.325 e. The van der Waals surface area contributed by atoms with E-state index in [4.69, 9.17) is 9.47 Å². The van der Waals surface area contributed by atoms with Gasteiger partial charge in [-0.2, -0.15) is 0 Å². The number of aromatic nitrogens is 2. The summed E-state index contributed by atoms with van der Waals surface area (Å²) < 4.78 is 60.1. The molecule has 21 heteroatoms. The molecule has 0 aliphatic carbocycles. The van der Waals surface area contributed by atoms with Crippen LogP contribution in [0.15, 0.2) is 47.2 Å². The molecule has 0 atom stereocenters. The fourth-order valence-corrected chi connectivity index (χ4v) is 6.53. The van der Waals surface area contributed by atoms with E-state index in [0.29, 0.717) is 64.4 Å². The van der Waals surface area contributed by atoms with E-state index in [1.807, 2.05) is 70.5 Å². The maximum absolute atomic E-state index is 12.3. The molecule has 0 aliphatic rings. The lowest BCUT2D eigenvalue weighted by Gasteiger charge is -2.14. The Bertz CT molecular complexity index is 2190. The van der Waals surface area contributed by atoms with Crippen molar-refractivity contribution in [3.8, 4) is 11.5 Å². The number of aryl methyl sites for hydroxylation is 2. The number of nitrogens with zero attached hydrogens (tertiary/aromatic N) is 2. The molecule has 4 rings (SSSR count). The second-order valence-corrected chi connectivity index (χ2v) is 18.7. The molecule has 0 unspecified atom stereocenters. The highest BCUT2D eigenvalue weighted by Crippen LogP contribution is 2.28. The molecule has 0 spiro atoms. The van der Waals surface area contributed by atoms with Gasteiger partial charge in [0, 0.05) is 10.8 Å². The standard InChI is InChI=1S/C18H24N4O5S2.C17H24N4O4S2/c1-11(2)9-27-15-7-12(3)5-6-14(15)20-17(24)21-18-19-13(10-28-18)8-16(23)22-29(4,25)26;1-11(2)9-25-15-7-12(3)5-6-14(15)20-16(22)21-17-19-13(10-26-17)8-18-27(4,23)24/h5-7,10-11H,8-9H2,1-4H3,(H,22,23)(H2,19,20,21,24);5-7,10-11,18H,8-9H2,1-4H3,(H2,19,20,21,22). The van der Waals surface area contributed by atoms with Crippen LogP contribution in [0.1, 0.15) is 50.2 Å². The molecule has 2 aromatic heterocycles. The fourth-order valence-electron chi connectivity index (χ4n) is 4.22. The van der Waals surface area contributed by atoms with Crippen LogP contribution in [-0.2, 0) is 37.8 Å². The minimum Gasteiger partial charge on any atom is -0.491 e. The number of hydrogen-bond donors (Lipinski definition) is 6. The fraction of sp³-hybridized carbons (Fsp3) is 0.400. The zero-order valence-electron chi connectivity index (χ0n) is 32.3. The Morgan fingerprint density at radius 2 is 1.12 bits per heavy atom. The molecule has 5 amide bonds. The lowest BCUT2D eigenvalue weighted by atomic mass is 10.2. The first kappa shape index (κ1) is 45.6. The molecule has 2 heterocycles. The number of carbonyl (C=O) groups is 3. The van der Waals surface area contributed by atoms with Crippen molar-refractivity contribution in [3.05, 3.63) is 69.7 Å². The van der Waals surface area contributed by atoms with Gasteiger partial charge in [0.2, 0.25) is 26.0 Å². The summed E-state index contributed by atoms with van der Waals surface area (Å²) >= 11 is 2.34. The van der Waals surface area contributed by atoms with Crippen LogP contribution in [0.4, 0.5) is 31.2 Å². The summed E-state index contributed by atoms with van der Waals surface area (Å²) in [5, 5.41) is 14.6. The third-order valence-corrected chi connectivity index (χ3v) is 9.50. The first-order valence-electron chi connectivity index (χ1n) is 17.1. The van der Waals surface area contributed by atoms with Crippen LogP contribution >= 0.6 is 22.7 Å². The highest BCUT2D eigenvalue weighted by molar-refractivity contribution is 7.89. The number of thiazole rings is 2. The molecule has 0 fully saturated rings. The second kappa shape index (κ2) is 20.9. The molecule has 0 radical (unpaired) electrons. The van der Waals surface area contributed by atoms with Gasteiger partial charge in [-0.15, -0.1) is 22.7 Å². The third kappa shape index (κ3) is 17.8. The van der Waals surface area contributed by atoms with Crippen LogP contribution in [0.25, 0.3) is 0 Å². The van der Waals surface area contributed by atoms with Crippen LogP contribution < -0.4 is 40.2 Å². The number of anilines is 4. The zero-order chi connectivity index (χ0) is 41.6. The van der Waals surface area contributed by atoms with Crippen molar-refractivity contribution in [2.75, 3.05) is 47.0 Å². The first-order valence-corrected chi connectivity index (χ1v) is 22.6. The predicted octanol–water partition coefficient (Wildman–Crippen LogP) is 5.93. The number of benzene rings is 2. The van der Waals surface area contributed by atoms with E-state index in [-0.39, 0.29) is 18.1 Å². The monoisotopic (exact) mass is 852 g/mol. The Morgan fingerprint density at radius 1 is 0.679 bits per heavy atom. The molecule has 17 nitrogen and oxygen atoms in total. The number of sulfonamides is 2. The average molecular weight is 853 g/mol. The average Bonchev–Trinajstić information content (AvgIpc) is 3.71. The van der Waals surface area contributed by atoms with Crippen molar-refractivity contribution in [2.24, 2.45) is 11.8 Å². The molecular formula is C35H48N8O9S4. The second-order valence-electron chi connectivity index (χ2n) is 13.4. The van der Waals surface area contributed by atoms with Gasteiger partial charge in [-0.1, -0.05) is 39.8 Å². The van der Waals surface area contributed by atoms with Crippen LogP contribution in [0.5, 0.6) is 11.5 Å². The molecule has 4 aromatic rings. The molecule has 306 valence electrons. The predicted molar refractivity (Wildman–Crippen MR) is 221 cm³/mol. The van der Waals surface area contributed by atoms with Crippen molar-refractivity contribution in [1.29, 1.82) is 0 Å². The summed E-state index contributed by atoms with van der Waals surface area (Å²) in [4.78, 5) is 44.5. The summed E-state index contributed by atoms with van der Waals surface area (Å²) in [5.41, 5.74) is 4.00. The summed E-state index contributed by atoms with van der Waals surface area (Å²) in [6.07, 6.45) is 1.76. The SMILES string of the molecule is Cc1ccc(NC(=O)Nc2nc(CC(=O)NS(C)(=O)=O)cs2)c(OCC(C)C)c1.Cc1ccc(NC(=O)Nc2nc(CNS(C)(=O)=O)cs2)c(OCC(C)C)c1. The first-order chi connectivity index (χ1) is 26.1. The van der Waals surface area contributed by atoms with Gasteiger partial charge in [0.1, 0.15) is 11.5 Å². The lowest BCUT2D eigenvalue weighted by Crippen LogP contribution is -2.30. The van der Waals surface area contributed by atoms with Gasteiger partial charge < -0.3 is 20.1 Å². The molecule has 0 bridgehead atoms. The number of ether oxygens (including phenoxy) is 2. The number of nitrogens with one attached hydrogen (secondary N) is 6. The van der Waals surface area contributed by atoms with E-state index < -0.39 is 38.0 Å². The number of rotatable bonds is 16. The van der Waals surface area contributed by atoms with E-state index in [1.165, 1.54) is 11.3 Å². The van der Waals surface area contributed by atoms with Crippen LogP contribution in [0.2, 0.25) is 0 Å². The van der Waals surface area contributed by atoms with Crippen molar-refractivity contribution >= 4 is 82.3 Å². The summed E-state index contributed by atoms with van der Waals surface area (Å²) in [5.74, 6) is 1.19. The quantitative estimate of drug-likeness (QED) is 0.0773. The zero-order valence-corrected chi connectivity index (χ0v) is 35.6. The Labute approximate surface area is 335 Å². The summed E-state index contributed by atoms with van der Waals surface area (Å²) in [6.45, 7) is 13.2. The maximum atomic E-state index is 12.3. The van der Waals surface area contributed by atoms with Gasteiger partial charge in [0.05, 0.1) is 61.5 Å². The van der Waals surface area contributed by atoms with Gasteiger partial charge in [-0.25, -0.2) is 41.1 Å². The lowest BCUT2D eigenvalue weighted by molar-refractivity contribution is -0.118. The largest absolute Gasteiger partial charge is 0.491 e. The molecular weight excluding hydrogens is 805 g/mol. The molecule has 0 saturated heterocycles. The molecule has 2 aromatic carbocycles. The topological polar surface area (TPSA) is 236 Å². The minimum absolute atomic E-state index is 0.0732. The van der Waals surface area contributed by atoms with E-state index >= 15 is 0 Å². The van der Waals surface area contributed by atoms with E-state index in [0.717, 1.165) is 35.0 Å². The number of amides is 5. The normalized spacial score (nSPS) is 11.3. The molecule has 0 saturated carbocycles. The van der Waals surface area contributed by atoms with Crippen molar-refractivity contribution in [2.45, 2.75) is 54.5 Å². The Kier molecular flexibility index (Phi) is 17.0. The van der Waals surface area contributed by atoms with Crippen LogP contribution in [0, 0.1) is 25.7 Å². The van der Waals surface area contributed by atoms with Gasteiger partial charge in [-0.05, 0) is 61.1 Å². The van der Waals surface area contributed by atoms with Gasteiger partial charge in [0.15, 0.2) is 10.3 Å². The minimum atomic E-state index is -3.62. The highest BCUT2D eigenvalue weighted by atomic mass is 32.2. The maximum Gasteiger partial charge on any atom is 0.325 e. The number of hydrogen-bond acceptors (Lipinski definition) is 13. The summed E-state index contributed by atoms with van der Waals surface area (Å²) in [6, 6.07) is 10.0. The molecule has 56 heavy (non-hydrogen) atoms. The van der Waals surface area contributed by atoms with Gasteiger partial charge in [0.25, 0.3) is 0 Å².